The standard InChI is InChI=1S/C29H29FN4O4/c1-29(2,3)38-28(36)34-27(32-18-17-30)33-26(35)25-23(37-19-20-11-7-5-8-12-20)16-15-22(31-4)24(25)21-13-9-6-10-14-21/h5-16H,17-19H2,1-3H3,(H2,32,33,34,35,36). The Morgan fingerprint density at radius 1 is 0.974 bits per heavy atom. The number of carbonyl (C=O) groups excluding carboxylic acids is 2. The largest absolute Gasteiger partial charge is 0.488 e. The van der Waals surface area contributed by atoms with E-state index in [-0.39, 0.29) is 36.1 Å². The van der Waals surface area contributed by atoms with Crippen LogP contribution in [0.2, 0.25) is 0 Å². The molecule has 0 heterocycles. The minimum atomic E-state index is -0.867. The molecule has 8 nitrogen and oxygen atoms in total. The molecule has 2 N–H and O–H groups in total. The summed E-state index contributed by atoms with van der Waals surface area (Å²) in [7, 11) is 0. The Kier molecular flexibility index (Phi) is 9.54. The number of benzene rings is 3. The Bertz CT molecular complexity index is 1330. The van der Waals surface area contributed by atoms with Crippen molar-refractivity contribution in [3.63, 3.8) is 0 Å². The molecule has 0 aliphatic heterocycles. The van der Waals surface area contributed by atoms with Crippen molar-refractivity contribution in [2.75, 3.05) is 13.2 Å². The van der Waals surface area contributed by atoms with E-state index in [1.165, 1.54) is 0 Å². The lowest BCUT2D eigenvalue weighted by atomic mass is 9.96. The molecule has 196 valence electrons. The average molecular weight is 517 g/mol. The van der Waals surface area contributed by atoms with E-state index in [0.29, 0.717) is 11.1 Å². The molecular formula is C29H29FN4O4. The van der Waals surface area contributed by atoms with Crippen LogP contribution in [0.25, 0.3) is 16.0 Å². The van der Waals surface area contributed by atoms with Gasteiger partial charge in [0.1, 0.15) is 24.6 Å². The SMILES string of the molecule is [C-]#[N+]c1ccc(OCc2ccccc2)c(C(=O)NC(=NCCF)NC(=O)OC(C)(C)C)c1-c1ccccc1. The van der Waals surface area contributed by atoms with Gasteiger partial charge in [0.25, 0.3) is 5.91 Å². The van der Waals surface area contributed by atoms with Crippen molar-refractivity contribution in [3.8, 4) is 16.9 Å². The zero-order valence-corrected chi connectivity index (χ0v) is 21.5. The molecule has 0 aliphatic rings. The Morgan fingerprint density at radius 3 is 2.24 bits per heavy atom. The smallest absolute Gasteiger partial charge is 0.414 e. The van der Waals surface area contributed by atoms with Gasteiger partial charge in [-0.3, -0.25) is 15.4 Å². The Balaban J connectivity index is 2.04. The van der Waals surface area contributed by atoms with Gasteiger partial charge in [0, 0.05) is 5.56 Å². The maximum absolute atomic E-state index is 13.7. The minimum Gasteiger partial charge on any atom is -0.488 e. The second-order valence-electron chi connectivity index (χ2n) is 9.09. The molecule has 0 saturated carbocycles. The second-order valence-corrected chi connectivity index (χ2v) is 9.09. The van der Waals surface area contributed by atoms with Crippen LogP contribution in [-0.2, 0) is 11.3 Å². The molecule has 0 fully saturated rings. The van der Waals surface area contributed by atoms with E-state index < -0.39 is 24.3 Å². The number of guanidine groups is 1. The molecule has 9 heteroatoms. The maximum atomic E-state index is 13.7. The van der Waals surface area contributed by atoms with Crippen molar-refractivity contribution in [2.24, 2.45) is 4.99 Å². The normalized spacial score (nSPS) is 11.3. The molecule has 2 amide bonds. The van der Waals surface area contributed by atoms with Crippen LogP contribution in [0.15, 0.2) is 77.8 Å². The van der Waals surface area contributed by atoms with Gasteiger partial charge < -0.3 is 9.47 Å². The van der Waals surface area contributed by atoms with E-state index in [1.54, 1.807) is 57.2 Å². The summed E-state index contributed by atoms with van der Waals surface area (Å²) >= 11 is 0. The average Bonchev–Trinajstić information content (AvgIpc) is 2.89. The van der Waals surface area contributed by atoms with Gasteiger partial charge in [0.2, 0.25) is 5.96 Å². The van der Waals surface area contributed by atoms with Crippen LogP contribution >= 0.6 is 0 Å². The van der Waals surface area contributed by atoms with Crippen LogP contribution in [0.5, 0.6) is 5.75 Å². The van der Waals surface area contributed by atoms with Crippen molar-refractivity contribution in [1.29, 1.82) is 0 Å². The summed E-state index contributed by atoms with van der Waals surface area (Å²) in [6.45, 7) is 11.8. The van der Waals surface area contributed by atoms with Crippen LogP contribution in [0, 0.1) is 6.57 Å². The first-order valence-electron chi connectivity index (χ1n) is 11.9. The molecule has 0 spiro atoms. The predicted molar refractivity (Wildman–Crippen MR) is 144 cm³/mol. The van der Waals surface area contributed by atoms with Crippen molar-refractivity contribution < 1.29 is 23.5 Å². The van der Waals surface area contributed by atoms with Gasteiger partial charge in [-0.2, -0.15) is 0 Å². The summed E-state index contributed by atoms with van der Waals surface area (Å²) in [6, 6.07) is 21.5. The topological polar surface area (TPSA) is 93.4 Å². The fraction of sp³-hybridized carbons (Fsp3) is 0.241. The molecule has 3 aromatic carbocycles. The van der Waals surface area contributed by atoms with Gasteiger partial charge in [-0.25, -0.2) is 19.0 Å². The number of amides is 2. The fourth-order valence-corrected chi connectivity index (χ4v) is 3.48. The number of rotatable bonds is 7. The molecule has 0 radical (unpaired) electrons. The monoisotopic (exact) mass is 516 g/mol. The number of carbonyl (C=O) groups is 2. The van der Waals surface area contributed by atoms with E-state index in [2.05, 4.69) is 20.5 Å². The highest BCUT2D eigenvalue weighted by Crippen LogP contribution is 2.39. The van der Waals surface area contributed by atoms with Crippen molar-refractivity contribution >= 4 is 23.6 Å². The zero-order chi connectivity index (χ0) is 27.5. The van der Waals surface area contributed by atoms with Gasteiger partial charge in [0.15, 0.2) is 5.69 Å². The third-order valence-corrected chi connectivity index (χ3v) is 5.00. The first kappa shape index (κ1) is 27.9. The molecule has 0 aliphatic carbocycles. The Labute approximate surface area is 221 Å². The zero-order valence-electron chi connectivity index (χ0n) is 21.5. The van der Waals surface area contributed by atoms with Crippen molar-refractivity contribution in [1.82, 2.24) is 10.6 Å². The van der Waals surface area contributed by atoms with Gasteiger partial charge in [-0.05, 0) is 38.0 Å². The number of ether oxygens (including phenoxy) is 2. The summed E-state index contributed by atoms with van der Waals surface area (Å²) < 4.78 is 24.2. The minimum absolute atomic E-state index is 0.0690. The number of halogens is 1. The van der Waals surface area contributed by atoms with Crippen molar-refractivity contribution in [3.05, 3.63) is 95.3 Å². The van der Waals surface area contributed by atoms with Gasteiger partial charge in [-0.15, -0.1) is 0 Å². The number of aliphatic imine (C=N–C) groups is 1. The Morgan fingerprint density at radius 2 is 1.63 bits per heavy atom. The maximum Gasteiger partial charge on any atom is 0.414 e. The molecular weight excluding hydrogens is 487 g/mol. The fourth-order valence-electron chi connectivity index (χ4n) is 3.48. The van der Waals surface area contributed by atoms with E-state index in [9.17, 15) is 14.0 Å². The molecule has 0 saturated heterocycles. The van der Waals surface area contributed by atoms with Crippen LogP contribution in [0.1, 0.15) is 36.7 Å². The number of nitrogens with one attached hydrogen (secondary N) is 2. The van der Waals surface area contributed by atoms with E-state index in [1.807, 2.05) is 36.4 Å². The third kappa shape index (κ3) is 7.90. The number of hydrogen-bond donors (Lipinski definition) is 2. The van der Waals surface area contributed by atoms with Gasteiger partial charge in [0.05, 0.1) is 18.7 Å². The molecule has 0 bridgehead atoms. The summed E-state index contributed by atoms with van der Waals surface area (Å²) in [5.74, 6) is -0.770. The van der Waals surface area contributed by atoms with Crippen LogP contribution in [0.3, 0.4) is 0 Å². The van der Waals surface area contributed by atoms with E-state index in [4.69, 9.17) is 16.0 Å². The van der Waals surface area contributed by atoms with Gasteiger partial charge >= 0.3 is 6.09 Å². The highest BCUT2D eigenvalue weighted by atomic mass is 19.1. The lowest BCUT2D eigenvalue weighted by Gasteiger charge is -2.21. The lowest BCUT2D eigenvalue weighted by Crippen LogP contribution is -2.46. The predicted octanol–water partition coefficient (Wildman–Crippen LogP) is 6.06. The summed E-state index contributed by atoms with van der Waals surface area (Å²) in [5.41, 5.74) is 1.35. The summed E-state index contributed by atoms with van der Waals surface area (Å²) in [4.78, 5) is 33.6. The number of alkyl halides is 1. The third-order valence-electron chi connectivity index (χ3n) is 5.00. The molecule has 0 aromatic heterocycles. The number of nitrogens with zero attached hydrogens (tertiary/aromatic N) is 2. The summed E-state index contributed by atoms with van der Waals surface area (Å²) in [5, 5.41) is 4.90. The highest BCUT2D eigenvalue weighted by Gasteiger charge is 2.25. The van der Waals surface area contributed by atoms with Crippen LogP contribution in [-0.4, -0.2) is 36.8 Å². The highest BCUT2D eigenvalue weighted by molar-refractivity contribution is 6.14. The molecule has 0 atom stereocenters. The molecule has 3 aromatic rings. The summed E-state index contributed by atoms with van der Waals surface area (Å²) in [6.07, 6.45) is -0.867. The molecule has 3 rings (SSSR count). The van der Waals surface area contributed by atoms with E-state index in [0.717, 1.165) is 5.56 Å². The molecule has 0 unspecified atom stereocenters. The number of alkyl carbamates (subject to hydrolysis) is 1. The van der Waals surface area contributed by atoms with Gasteiger partial charge in [-0.1, -0.05) is 66.7 Å². The quantitative estimate of drug-likeness (QED) is 0.227. The van der Waals surface area contributed by atoms with Crippen LogP contribution in [0.4, 0.5) is 14.9 Å². The van der Waals surface area contributed by atoms with Crippen molar-refractivity contribution in [2.45, 2.75) is 33.0 Å². The lowest BCUT2D eigenvalue weighted by molar-refractivity contribution is 0.0561. The number of hydrogen-bond acceptors (Lipinski definition) is 5. The Hall–Kier alpha value is -4.71. The molecule has 38 heavy (non-hydrogen) atoms. The first-order chi connectivity index (χ1) is 18.2. The first-order valence-corrected chi connectivity index (χ1v) is 11.9. The van der Waals surface area contributed by atoms with E-state index >= 15 is 0 Å². The second kappa shape index (κ2) is 13.0. The van der Waals surface area contributed by atoms with Crippen LogP contribution < -0.4 is 15.4 Å².